The van der Waals surface area contributed by atoms with Crippen molar-refractivity contribution in [2.45, 2.75) is 36.5 Å². The van der Waals surface area contributed by atoms with Gasteiger partial charge >= 0.3 is 0 Å². The van der Waals surface area contributed by atoms with E-state index in [4.69, 9.17) is 0 Å². The molecule has 4 nitrogen and oxygen atoms in total. The van der Waals surface area contributed by atoms with Gasteiger partial charge in [-0.1, -0.05) is 13.8 Å². The molecule has 21 heavy (non-hydrogen) atoms. The Morgan fingerprint density at radius 2 is 1.19 bits per heavy atom. The molecule has 0 aliphatic rings. The van der Waals surface area contributed by atoms with E-state index in [0.29, 0.717) is 24.0 Å². The fourth-order valence-electron chi connectivity index (χ4n) is 2.16. The molecule has 0 amide bonds. The molecule has 0 heterocycles. The molecule has 0 spiro atoms. The summed E-state index contributed by atoms with van der Waals surface area (Å²) in [4.78, 5) is 0.287. The number of aromatic hydroxyl groups is 2. The van der Waals surface area contributed by atoms with Crippen LogP contribution >= 0.6 is 0 Å². The molecule has 5 heteroatoms. The first-order valence-corrected chi connectivity index (χ1v) is 8.27. The lowest BCUT2D eigenvalue weighted by molar-refractivity contribution is 0.468. The third-order valence-corrected chi connectivity index (χ3v) is 5.23. The molecule has 0 atom stereocenters. The SMILES string of the molecule is CCc1cc(S(=O)(=O)c2ccc(O)c(CC)c2)ccc1O. The molecule has 0 fully saturated rings. The zero-order valence-corrected chi connectivity index (χ0v) is 12.8. The van der Waals surface area contributed by atoms with E-state index in [-0.39, 0.29) is 21.3 Å². The van der Waals surface area contributed by atoms with Gasteiger partial charge in [-0.2, -0.15) is 0 Å². The molecular weight excluding hydrogens is 288 g/mol. The predicted molar refractivity (Wildman–Crippen MR) is 80.4 cm³/mol. The summed E-state index contributed by atoms with van der Waals surface area (Å²) in [5.41, 5.74) is 1.18. The van der Waals surface area contributed by atoms with Gasteiger partial charge in [0.05, 0.1) is 9.79 Å². The van der Waals surface area contributed by atoms with Crippen molar-refractivity contribution in [3.63, 3.8) is 0 Å². The number of sulfone groups is 1. The Hall–Kier alpha value is -2.01. The van der Waals surface area contributed by atoms with Crippen LogP contribution in [0.2, 0.25) is 0 Å². The molecular formula is C16H18O4S. The summed E-state index contributed by atoms with van der Waals surface area (Å²) in [6, 6.07) is 8.55. The zero-order valence-electron chi connectivity index (χ0n) is 12.0. The summed E-state index contributed by atoms with van der Waals surface area (Å²) in [6.07, 6.45) is 1.09. The molecule has 0 saturated carbocycles. The second-order valence-electron chi connectivity index (χ2n) is 4.79. The number of phenolic OH excluding ortho intramolecular Hbond substituents is 2. The van der Waals surface area contributed by atoms with E-state index < -0.39 is 9.84 Å². The van der Waals surface area contributed by atoms with Gasteiger partial charge in [-0.05, 0) is 60.4 Å². The summed E-state index contributed by atoms with van der Waals surface area (Å²) in [5, 5.41) is 19.3. The minimum atomic E-state index is -3.66. The van der Waals surface area contributed by atoms with Gasteiger partial charge in [0.1, 0.15) is 11.5 Å². The topological polar surface area (TPSA) is 74.6 Å². The molecule has 2 rings (SSSR count). The van der Waals surface area contributed by atoms with Crippen LogP contribution in [0.1, 0.15) is 25.0 Å². The monoisotopic (exact) mass is 306 g/mol. The third-order valence-electron chi connectivity index (χ3n) is 3.48. The van der Waals surface area contributed by atoms with Crippen LogP contribution in [0.5, 0.6) is 11.5 Å². The summed E-state index contributed by atoms with van der Waals surface area (Å²) < 4.78 is 25.3. The number of rotatable bonds is 4. The van der Waals surface area contributed by atoms with Gasteiger partial charge in [-0.25, -0.2) is 8.42 Å². The van der Waals surface area contributed by atoms with Gasteiger partial charge in [0, 0.05) is 0 Å². The van der Waals surface area contributed by atoms with E-state index in [1.54, 1.807) is 0 Å². The van der Waals surface area contributed by atoms with Crippen LogP contribution in [0.4, 0.5) is 0 Å². The predicted octanol–water partition coefficient (Wildman–Crippen LogP) is 3.06. The van der Waals surface area contributed by atoms with Crippen LogP contribution in [0.25, 0.3) is 0 Å². The lowest BCUT2D eigenvalue weighted by Crippen LogP contribution is -2.03. The van der Waals surface area contributed by atoms with Gasteiger partial charge in [-0.3, -0.25) is 0 Å². The van der Waals surface area contributed by atoms with Gasteiger partial charge in [0.15, 0.2) is 0 Å². The van der Waals surface area contributed by atoms with Crippen molar-refractivity contribution < 1.29 is 18.6 Å². The summed E-state index contributed by atoms with van der Waals surface area (Å²) in [7, 11) is -3.66. The highest BCUT2D eigenvalue weighted by Gasteiger charge is 2.20. The maximum atomic E-state index is 12.6. The number of aryl methyl sites for hydroxylation is 2. The molecule has 2 aromatic rings. The standard InChI is InChI=1S/C16H18O4S/c1-3-11-9-13(5-7-15(11)17)21(19,20)14-6-8-16(18)12(4-2)10-14/h5-10,17-18H,3-4H2,1-2H3. The molecule has 0 saturated heterocycles. The second-order valence-corrected chi connectivity index (χ2v) is 6.74. The first kappa shape index (κ1) is 15.4. The summed E-state index contributed by atoms with van der Waals surface area (Å²) >= 11 is 0. The van der Waals surface area contributed by atoms with E-state index in [9.17, 15) is 18.6 Å². The minimum Gasteiger partial charge on any atom is -0.508 e. The van der Waals surface area contributed by atoms with Crippen LogP contribution < -0.4 is 0 Å². The number of hydrogen-bond acceptors (Lipinski definition) is 4. The van der Waals surface area contributed by atoms with E-state index >= 15 is 0 Å². The quantitative estimate of drug-likeness (QED) is 0.910. The Morgan fingerprint density at radius 1 is 0.810 bits per heavy atom. The van der Waals surface area contributed by atoms with E-state index in [2.05, 4.69) is 0 Å². The number of benzene rings is 2. The highest BCUT2D eigenvalue weighted by molar-refractivity contribution is 7.91. The van der Waals surface area contributed by atoms with Crippen molar-refractivity contribution in [2.75, 3.05) is 0 Å². The van der Waals surface area contributed by atoms with Gasteiger partial charge in [0.25, 0.3) is 0 Å². The van der Waals surface area contributed by atoms with E-state index in [1.165, 1.54) is 36.4 Å². The van der Waals surface area contributed by atoms with Crippen LogP contribution in [0.15, 0.2) is 46.2 Å². The largest absolute Gasteiger partial charge is 0.508 e. The van der Waals surface area contributed by atoms with Crippen molar-refractivity contribution in [1.82, 2.24) is 0 Å². The van der Waals surface area contributed by atoms with Crippen molar-refractivity contribution in [1.29, 1.82) is 0 Å². The van der Waals surface area contributed by atoms with Gasteiger partial charge < -0.3 is 10.2 Å². The summed E-state index contributed by atoms with van der Waals surface area (Å²) in [6.45, 7) is 3.70. The number of phenols is 2. The first-order valence-electron chi connectivity index (χ1n) is 6.79. The van der Waals surface area contributed by atoms with E-state index in [1.807, 2.05) is 13.8 Å². The molecule has 0 aliphatic heterocycles. The number of hydrogen-bond donors (Lipinski definition) is 2. The Labute approximate surface area is 124 Å². The Morgan fingerprint density at radius 3 is 1.52 bits per heavy atom. The fourth-order valence-corrected chi connectivity index (χ4v) is 3.52. The third kappa shape index (κ3) is 2.88. The maximum Gasteiger partial charge on any atom is 0.206 e. The molecule has 2 aromatic carbocycles. The molecule has 2 N–H and O–H groups in total. The van der Waals surface area contributed by atoms with Crippen LogP contribution in [0.3, 0.4) is 0 Å². The average molecular weight is 306 g/mol. The van der Waals surface area contributed by atoms with Crippen LogP contribution in [-0.4, -0.2) is 18.6 Å². The minimum absolute atomic E-state index is 0.0939. The van der Waals surface area contributed by atoms with Crippen molar-refractivity contribution >= 4 is 9.84 Å². The lowest BCUT2D eigenvalue weighted by atomic mass is 10.1. The highest BCUT2D eigenvalue weighted by Crippen LogP contribution is 2.29. The lowest BCUT2D eigenvalue weighted by Gasteiger charge is -2.09. The second kappa shape index (κ2) is 5.77. The average Bonchev–Trinajstić information content (AvgIpc) is 2.47. The molecule has 0 aromatic heterocycles. The van der Waals surface area contributed by atoms with Crippen LogP contribution in [0, 0.1) is 0 Å². The first-order chi connectivity index (χ1) is 9.90. The Kier molecular flexibility index (Phi) is 4.23. The smallest absolute Gasteiger partial charge is 0.206 e. The van der Waals surface area contributed by atoms with Crippen molar-refractivity contribution in [2.24, 2.45) is 0 Å². The van der Waals surface area contributed by atoms with Crippen molar-refractivity contribution in [3.8, 4) is 11.5 Å². The van der Waals surface area contributed by atoms with Gasteiger partial charge in [0.2, 0.25) is 9.84 Å². The van der Waals surface area contributed by atoms with Gasteiger partial charge in [-0.15, -0.1) is 0 Å². The molecule has 0 unspecified atom stereocenters. The maximum absolute atomic E-state index is 12.6. The molecule has 0 aliphatic carbocycles. The molecule has 0 bridgehead atoms. The fraction of sp³-hybridized carbons (Fsp3) is 0.250. The summed E-state index contributed by atoms with van der Waals surface area (Å²) in [5.74, 6) is 0.188. The Bertz CT molecular complexity index is 704. The zero-order chi connectivity index (χ0) is 15.6. The van der Waals surface area contributed by atoms with Crippen LogP contribution in [-0.2, 0) is 22.7 Å². The molecule has 0 radical (unpaired) electrons. The van der Waals surface area contributed by atoms with Crippen molar-refractivity contribution in [3.05, 3.63) is 47.5 Å². The molecule has 112 valence electrons. The normalized spacial score (nSPS) is 11.5. The highest BCUT2D eigenvalue weighted by atomic mass is 32.2. The Balaban J connectivity index is 2.56. The van der Waals surface area contributed by atoms with E-state index in [0.717, 1.165) is 0 Å².